The van der Waals surface area contributed by atoms with E-state index in [0.717, 1.165) is 17.1 Å². The van der Waals surface area contributed by atoms with Crippen LogP contribution >= 0.6 is 11.3 Å². The van der Waals surface area contributed by atoms with Crippen molar-refractivity contribution in [3.63, 3.8) is 0 Å². The van der Waals surface area contributed by atoms with Gasteiger partial charge in [0, 0.05) is 23.9 Å². The third-order valence-corrected chi connectivity index (χ3v) is 4.20. The monoisotopic (exact) mass is 322 g/mol. The Kier molecular flexibility index (Phi) is 5.32. The molecular weight excluding hydrogens is 304 g/mol. The second-order valence-electron chi connectivity index (χ2n) is 4.88. The van der Waals surface area contributed by atoms with Gasteiger partial charge in [-0.2, -0.15) is 0 Å². The highest BCUT2D eigenvalue weighted by Gasteiger charge is 2.20. The van der Waals surface area contributed by atoms with Crippen LogP contribution in [0.5, 0.6) is 0 Å². The first-order valence-corrected chi connectivity index (χ1v) is 7.89. The van der Waals surface area contributed by atoms with Gasteiger partial charge < -0.3 is 14.8 Å². The van der Waals surface area contributed by atoms with E-state index in [0.29, 0.717) is 24.1 Å². The Morgan fingerprint density at radius 2 is 2.23 bits per heavy atom. The highest BCUT2D eigenvalue weighted by molar-refractivity contribution is 7.09. The van der Waals surface area contributed by atoms with Crippen molar-refractivity contribution in [2.45, 2.75) is 33.1 Å². The first-order chi connectivity index (χ1) is 10.5. The summed E-state index contributed by atoms with van der Waals surface area (Å²) in [7, 11) is 0. The molecule has 2 aromatic heterocycles. The lowest BCUT2D eigenvalue weighted by Gasteiger charge is -2.05. The van der Waals surface area contributed by atoms with Crippen LogP contribution in [0.1, 0.15) is 39.3 Å². The number of thiazole rings is 1. The predicted molar refractivity (Wildman–Crippen MR) is 82.3 cm³/mol. The lowest BCUT2D eigenvalue weighted by Crippen LogP contribution is -2.27. The molecule has 0 saturated carbocycles. The average molecular weight is 322 g/mol. The van der Waals surface area contributed by atoms with E-state index in [4.69, 9.17) is 9.52 Å². The number of aryl methyl sites for hydroxylation is 2. The first kappa shape index (κ1) is 16.2. The molecule has 6 nitrogen and oxygen atoms in total. The van der Waals surface area contributed by atoms with E-state index in [-0.39, 0.29) is 18.1 Å². The number of hydrogen-bond acceptors (Lipinski definition) is 5. The SMILES string of the molecule is CCc1nc(CCNC(=O)c2c(C)coc2CC(=O)O)cs1. The maximum absolute atomic E-state index is 12.2. The zero-order chi connectivity index (χ0) is 16.1. The van der Waals surface area contributed by atoms with Gasteiger partial charge in [-0.25, -0.2) is 4.98 Å². The Labute approximate surface area is 132 Å². The van der Waals surface area contributed by atoms with E-state index >= 15 is 0 Å². The molecule has 2 heterocycles. The number of aliphatic carboxylic acids is 1. The lowest BCUT2D eigenvalue weighted by atomic mass is 10.1. The Hall–Kier alpha value is -2.15. The molecule has 0 saturated heterocycles. The molecule has 0 aliphatic heterocycles. The minimum Gasteiger partial charge on any atom is -0.481 e. The Bertz CT molecular complexity index is 675. The molecule has 2 rings (SSSR count). The number of carbonyl (C=O) groups excluding carboxylic acids is 1. The van der Waals surface area contributed by atoms with Crippen molar-refractivity contribution in [1.82, 2.24) is 10.3 Å². The molecule has 22 heavy (non-hydrogen) atoms. The summed E-state index contributed by atoms with van der Waals surface area (Å²) in [6.45, 7) is 4.22. The molecule has 0 aliphatic carbocycles. The van der Waals surface area contributed by atoms with E-state index in [1.54, 1.807) is 18.3 Å². The number of carboxylic acids is 1. The highest BCUT2D eigenvalue weighted by atomic mass is 32.1. The van der Waals surface area contributed by atoms with Crippen molar-refractivity contribution < 1.29 is 19.1 Å². The quantitative estimate of drug-likeness (QED) is 0.815. The number of amides is 1. The Balaban J connectivity index is 1.94. The molecule has 118 valence electrons. The molecule has 0 aliphatic rings. The summed E-state index contributed by atoms with van der Waals surface area (Å²) in [5, 5.41) is 14.7. The molecule has 1 amide bonds. The van der Waals surface area contributed by atoms with E-state index in [9.17, 15) is 9.59 Å². The van der Waals surface area contributed by atoms with Gasteiger partial charge in [0.1, 0.15) is 12.2 Å². The topological polar surface area (TPSA) is 92.4 Å². The average Bonchev–Trinajstić information content (AvgIpc) is 3.05. The zero-order valence-electron chi connectivity index (χ0n) is 12.5. The van der Waals surface area contributed by atoms with Crippen molar-refractivity contribution in [1.29, 1.82) is 0 Å². The largest absolute Gasteiger partial charge is 0.481 e. The smallest absolute Gasteiger partial charge is 0.311 e. The predicted octanol–water partition coefficient (Wildman–Crippen LogP) is 2.21. The summed E-state index contributed by atoms with van der Waals surface area (Å²) in [5.74, 6) is -1.16. The third kappa shape index (κ3) is 3.94. The van der Waals surface area contributed by atoms with Crippen LogP contribution in [0.4, 0.5) is 0 Å². The fourth-order valence-electron chi connectivity index (χ4n) is 2.09. The third-order valence-electron chi connectivity index (χ3n) is 3.16. The van der Waals surface area contributed by atoms with Gasteiger partial charge in [-0.3, -0.25) is 9.59 Å². The summed E-state index contributed by atoms with van der Waals surface area (Å²) in [6, 6.07) is 0. The summed E-state index contributed by atoms with van der Waals surface area (Å²) < 4.78 is 5.16. The summed E-state index contributed by atoms with van der Waals surface area (Å²) in [5.41, 5.74) is 1.91. The number of carboxylic acid groups (broad SMARTS) is 1. The summed E-state index contributed by atoms with van der Waals surface area (Å²) in [4.78, 5) is 27.4. The Morgan fingerprint density at radius 3 is 2.86 bits per heavy atom. The van der Waals surface area contributed by atoms with Gasteiger partial charge in [0.15, 0.2) is 0 Å². The lowest BCUT2D eigenvalue weighted by molar-refractivity contribution is -0.136. The highest BCUT2D eigenvalue weighted by Crippen LogP contribution is 2.17. The van der Waals surface area contributed by atoms with Gasteiger partial charge in [0.2, 0.25) is 0 Å². The molecule has 0 aromatic carbocycles. The molecule has 7 heteroatoms. The van der Waals surface area contributed by atoms with E-state index in [2.05, 4.69) is 17.2 Å². The summed E-state index contributed by atoms with van der Waals surface area (Å²) >= 11 is 1.61. The van der Waals surface area contributed by atoms with Crippen LogP contribution in [0, 0.1) is 6.92 Å². The fourth-order valence-corrected chi connectivity index (χ4v) is 2.87. The maximum Gasteiger partial charge on any atom is 0.311 e. The molecule has 0 atom stereocenters. The number of hydrogen-bond donors (Lipinski definition) is 2. The molecule has 2 aromatic rings. The first-order valence-electron chi connectivity index (χ1n) is 7.01. The van der Waals surface area contributed by atoms with Gasteiger partial charge in [0.25, 0.3) is 5.91 Å². The fraction of sp³-hybridized carbons (Fsp3) is 0.400. The van der Waals surface area contributed by atoms with E-state index in [1.165, 1.54) is 6.26 Å². The van der Waals surface area contributed by atoms with E-state index in [1.807, 2.05) is 5.38 Å². The van der Waals surface area contributed by atoms with Gasteiger partial charge in [-0.15, -0.1) is 11.3 Å². The number of aromatic nitrogens is 1. The number of furan rings is 1. The minimum absolute atomic E-state index is 0.185. The van der Waals surface area contributed by atoms with Crippen molar-refractivity contribution in [2.75, 3.05) is 6.54 Å². The molecule has 0 bridgehead atoms. The van der Waals surface area contributed by atoms with Crippen LogP contribution in [0.3, 0.4) is 0 Å². The van der Waals surface area contributed by atoms with Crippen LogP contribution in [-0.2, 0) is 24.1 Å². The zero-order valence-corrected chi connectivity index (χ0v) is 13.3. The number of nitrogens with zero attached hydrogens (tertiary/aromatic N) is 1. The van der Waals surface area contributed by atoms with Gasteiger partial charge >= 0.3 is 5.97 Å². The van der Waals surface area contributed by atoms with Crippen molar-refractivity contribution in [3.05, 3.63) is 39.2 Å². The second-order valence-corrected chi connectivity index (χ2v) is 5.82. The van der Waals surface area contributed by atoms with Crippen LogP contribution < -0.4 is 5.32 Å². The molecule has 0 spiro atoms. The van der Waals surface area contributed by atoms with E-state index < -0.39 is 5.97 Å². The molecular formula is C15H18N2O4S. The molecule has 0 unspecified atom stereocenters. The second kappa shape index (κ2) is 7.22. The number of carbonyl (C=O) groups is 2. The van der Waals surface area contributed by atoms with Gasteiger partial charge in [0.05, 0.1) is 22.5 Å². The van der Waals surface area contributed by atoms with Crippen molar-refractivity contribution in [3.8, 4) is 0 Å². The van der Waals surface area contributed by atoms with Gasteiger partial charge in [-0.05, 0) is 13.3 Å². The molecule has 0 fully saturated rings. The standard InChI is InChI=1S/C15H18N2O4S/c1-3-12-17-10(8-22-12)4-5-16-15(20)14-9(2)7-21-11(14)6-13(18)19/h7-8H,3-6H2,1-2H3,(H,16,20)(H,18,19). The number of rotatable bonds is 7. The van der Waals surface area contributed by atoms with Crippen LogP contribution in [0.2, 0.25) is 0 Å². The minimum atomic E-state index is -1.03. The number of nitrogens with one attached hydrogen (secondary N) is 1. The van der Waals surface area contributed by atoms with Crippen LogP contribution in [-0.4, -0.2) is 28.5 Å². The van der Waals surface area contributed by atoms with Crippen LogP contribution in [0.15, 0.2) is 16.1 Å². The maximum atomic E-state index is 12.2. The normalized spacial score (nSPS) is 10.6. The molecule has 2 N–H and O–H groups in total. The van der Waals surface area contributed by atoms with Crippen molar-refractivity contribution >= 4 is 23.2 Å². The van der Waals surface area contributed by atoms with Crippen LogP contribution in [0.25, 0.3) is 0 Å². The van der Waals surface area contributed by atoms with Gasteiger partial charge in [-0.1, -0.05) is 6.92 Å². The Morgan fingerprint density at radius 1 is 1.45 bits per heavy atom. The summed E-state index contributed by atoms with van der Waals surface area (Å²) in [6.07, 6.45) is 2.65. The van der Waals surface area contributed by atoms with Crippen molar-refractivity contribution in [2.24, 2.45) is 0 Å². The molecule has 0 radical (unpaired) electrons.